The lowest BCUT2D eigenvalue weighted by Gasteiger charge is -2.14. The predicted octanol–water partition coefficient (Wildman–Crippen LogP) is 20.4. The van der Waals surface area contributed by atoms with Crippen LogP contribution in [0.25, 0.3) is 0 Å². The van der Waals surface area contributed by atoms with Gasteiger partial charge in [-0.2, -0.15) is 0 Å². The molecule has 0 aromatic heterocycles. The summed E-state index contributed by atoms with van der Waals surface area (Å²) in [6.45, 7) is 56.3. The predicted molar refractivity (Wildman–Crippen MR) is 494 cm³/mol. The van der Waals surface area contributed by atoms with Gasteiger partial charge in [0.15, 0.2) is 75.9 Å². The van der Waals surface area contributed by atoms with Crippen molar-refractivity contribution >= 4 is 62.8 Å². The van der Waals surface area contributed by atoms with Crippen molar-refractivity contribution in [3.63, 3.8) is 0 Å². The highest BCUT2D eigenvalue weighted by atomic mass is 15.1. The minimum Gasteiger partial charge on any atom is -0.242 e. The highest BCUT2D eigenvalue weighted by molar-refractivity contribution is 5.87. The van der Waals surface area contributed by atoms with Crippen molar-refractivity contribution in [2.75, 3.05) is 153 Å². The van der Waals surface area contributed by atoms with Gasteiger partial charge in [0.25, 0.3) is 0 Å². The first kappa shape index (κ1) is 104. The molecule has 110 heavy (non-hydrogen) atoms. The zero-order chi connectivity index (χ0) is 83.8. The van der Waals surface area contributed by atoms with Crippen LogP contribution < -0.4 is 0 Å². The van der Waals surface area contributed by atoms with E-state index < -0.39 is 0 Å². The van der Waals surface area contributed by atoms with Crippen LogP contribution >= 0.6 is 0 Å². The zero-order valence-corrected chi connectivity index (χ0v) is 78.2. The lowest BCUT2D eigenvalue weighted by atomic mass is 9.91. The number of allylic oxidation sites excluding steroid dienone is 16. The van der Waals surface area contributed by atoms with Gasteiger partial charge in [0.05, 0.1) is 0 Å². The van der Waals surface area contributed by atoms with Crippen molar-refractivity contribution < 1.29 is 50.3 Å². The molecule has 0 fully saturated rings. The average Bonchev–Trinajstić information content (AvgIpc) is 1.84. The fraction of sp³-hybridized carbons (Fsp3) is 0.667. The van der Waals surface area contributed by atoms with E-state index in [1.807, 2.05) is 0 Å². The van der Waals surface area contributed by atoms with Gasteiger partial charge in [-0.25, -0.2) is 50.3 Å². The quantitative estimate of drug-likeness (QED) is 0.0425. The first-order chi connectivity index (χ1) is 51.7. The molecule has 0 radical (unpaired) electrons. The second-order valence-corrected chi connectivity index (χ2v) is 34.4. The van der Waals surface area contributed by atoms with E-state index in [2.05, 4.69) is 323 Å². The molecule has 4 rings (SSSR count). The molecule has 0 unspecified atom stereocenters. The summed E-state index contributed by atoms with van der Waals surface area (Å²) < 4.78 is 26.0. The molecule has 0 saturated heterocycles. The fourth-order valence-electron chi connectivity index (χ4n) is 14.9. The molecule has 0 aromatic carbocycles. The van der Waals surface area contributed by atoms with Crippen molar-refractivity contribution in [1.29, 1.82) is 0 Å². The third kappa shape index (κ3) is 46.5. The summed E-state index contributed by atoms with van der Waals surface area (Å²) in [6.07, 6.45) is 48.5. The zero-order valence-electron chi connectivity index (χ0n) is 78.2. The molecule has 0 N–H and O–H groups in total. The highest BCUT2D eigenvalue weighted by Crippen LogP contribution is 2.27. The van der Waals surface area contributed by atoms with Crippen LogP contribution in [0.4, 0.5) is 0 Å². The average molecular weight is 1520 g/mol. The van der Waals surface area contributed by atoms with E-state index in [9.17, 15) is 0 Å². The Labute approximate surface area is 681 Å². The Bertz CT molecular complexity index is 3280. The van der Waals surface area contributed by atoms with E-state index in [0.29, 0.717) is 0 Å². The molecule has 0 bridgehead atoms. The van der Waals surface area contributed by atoms with Crippen molar-refractivity contribution in [3.8, 4) is 0 Å². The number of likely N-dealkylation sites (N-methyl/N-ethyl adjacent to an activating group) is 2. The Kier molecular flexibility index (Phi) is 54.9. The van der Waals surface area contributed by atoms with Gasteiger partial charge in [0.1, 0.15) is 139 Å². The first-order valence-corrected chi connectivity index (χ1v) is 42.9. The Balaban J connectivity index is 0.00000140. The Morgan fingerprint density at radius 2 is 0.464 bits per heavy atom. The maximum atomic E-state index is 4.18. The SMILES string of the molecule is C=C(C)CC(CC)=[N+](C)C.C=C(C)CC1=[N+](C)CCCC(CC(=C)C)=[N+](C)CCCC(CC(=C)C)=[N+](C)CCC1.C=C(C)CC1=[N+](C)CC[N+](C)=C(CC(=C)C)CCCC1.CCC(CC1=CC=C(CC(CC)=[N+](C)C)CC1)=[N+](C)C.CCC(CC1=CCC(CC(CC)=[N+](C)C)=CCC(CC(CC)=[N+](C)C)=CC1)=[N+](C)C. The molecule has 0 amide bonds. The molecular weight excluding hydrogens is 1340 g/mol. The van der Waals surface area contributed by atoms with Crippen LogP contribution in [0.1, 0.15) is 289 Å². The lowest BCUT2D eigenvalue weighted by molar-refractivity contribution is -0.573. The Hall–Kier alpha value is -6.49. The van der Waals surface area contributed by atoms with E-state index >= 15 is 0 Å². The molecule has 11 heteroatoms. The van der Waals surface area contributed by atoms with Crippen LogP contribution in [-0.2, 0) is 0 Å². The fourth-order valence-corrected chi connectivity index (χ4v) is 14.9. The van der Waals surface area contributed by atoms with Gasteiger partial charge in [0.2, 0.25) is 0 Å². The van der Waals surface area contributed by atoms with Gasteiger partial charge >= 0.3 is 0 Å². The number of nitrogens with zero attached hydrogens (tertiary/aromatic N) is 11. The molecule has 4 aliphatic rings. The van der Waals surface area contributed by atoms with E-state index in [-0.39, 0.29) is 0 Å². The molecular formula is C99H178N11+11. The highest BCUT2D eigenvalue weighted by Gasteiger charge is 2.23. The Morgan fingerprint density at radius 3 is 0.636 bits per heavy atom. The first-order valence-electron chi connectivity index (χ1n) is 42.9. The van der Waals surface area contributed by atoms with Gasteiger partial charge in [-0.05, 0) is 86.5 Å². The second-order valence-electron chi connectivity index (χ2n) is 34.4. The topological polar surface area (TPSA) is 33.1 Å². The van der Waals surface area contributed by atoms with Gasteiger partial charge in [-0.15, -0.1) is 0 Å². The third-order valence-corrected chi connectivity index (χ3v) is 22.2. The summed E-state index contributed by atoms with van der Waals surface area (Å²) in [6, 6.07) is 0. The summed E-state index contributed by atoms with van der Waals surface area (Å²) in [4.78, 5) is 0. The van der Waals surface area contributed by atoms with E-state index in [1.165, 1.54) is 143 Å². The summed E-state index contributed by atoms with van der Waals surface area (Å²) >= 11 is 0. The van der Waals surface area contributed by atoms with Crippen molar-refractivity contribution in [2.24, 2.45) is 0 Å². The van der Waals surface area contributed by atoms with E-state index in [1.54, 1.807) is 39.3 Å². The molecule has 2 heterocycles. The molecule has 2 aliphatic carbocycles. The van der Waals surface area contributed by atoms with Crippen molar-refractivity contribution in [3.05, 3.63) is 131 Å². The van der Waals surface area contributed by atoms with E-state index in [4.69, 9.17) is 0 Å². The minimum atomic E-state index is 1.02. The van der Waals surface area contributed by atoms with Gasteiger partial charge in [0, 0.05) is 161 Å². The van der Waals surface area contributed by atoms with Gasteiger partial charge in [-0.1, -0.05) is 173 Å². The normalized spacial score (nSPS) is 15.7. The largest absolute Gasteiger partial charge is 0.242 e. The van der Waals surface area contributed by atoms with Crippen molar-refractivity contribution in [1.82, 2.24) is 0 Å². The number of hydrogen-bond acceptors (Lipinski definition) is 0. The van der Waals surface area contributed by atoms with Crippen LogP contribution in [0.5, 0.6) is 0 Å². The van der Waals surface area contributed by atoms with Crippen molar-refractivity contribution in [2.45, 2.75) is 289 Å². The number of hydrogen-bond donors (Lipinski definition) is 0. The summed E-state index contributed by atoms with van der Waals surface area (Å²) in [5.74, 6) is 0. The molecule has 0 saturated carbocycles. The molecule has 0 aromatic rings. The lowest BCUT2D eigenvalue weighted by Crippen LogP contribution is -2.29. The van der Waals surface area contributed by atoms with Crippen LogP contribution in [0.3, 0.4) is 0 Å². The van der Waals surface area contributed by atoms with Gasteiger partial charge in [-0.3, -0.25) is 0 Å². The molecule has 0 spiro atoms. The van der Waals surface area contributed by atoms with Crippen LogP contribution in [0.15, 0.2) is 131 Å². The van der Waals surface area contributed by atoms with Gasteiger partial charge < -0.3 is 0 Å². The third-order valence-electron chi connectivity index (χ3n) is 22.2. The summed E-state index contributed by atoms with van der Waals surface area (Å²) in [5, 5.41) is 0. The maximum absolute atomic E-state index is 4.18. The molecule has 618 valence electrons. The van der Waals surface area contributed by atoms with Crippen LogP contribution in [0.2, 0.25) is 0 Å². The van der Waals surface area contributed by atoms with E-state index in [0.717, 1.165) is 180 Å². The minimum absolute atomic E-state index is 1.02. The van der Waals surface area contributed by atoms with Crippen LogP contribution in [0, 0.1) is 0 Å². The smallest absolute Gasteiger partial charge is 0.200 e. The van der Waals surface area contributed by atoms with Crippen LogP contribution in [-0.4, -0.2) is 266 Å². The molecule has 11 nitrogen and oxygen atoms in total. The second kappa shape index (κ2) is 58.4. The molecule has 2 aliphatic heterocycles. The standard InChI is InChI=1S/2C27H48N3.2C18H32N2.C9H18N/c1-22(2)19-25-13-10-17-29(8)27(21-24(5)6)15-12-18-30(9)26(20-23(3)4)14-11-16-28(25)7;1-10-25(28(4)5)19-22-13-15-23(20-26(11-2)29(6)7)17-18-24(16-14-22)21-27(12-3)30(8)9;1-15(2)13-17-9-7-8-10-18(14-16(3)4)20(6)12-11-19(17)5;1-7-17(19(3)4)13-15-9-11-16(12-10-15)14-18(8-2)20(5)6;1-6-9(10(4)5)7-8(2)3/h1,3,5,10-21H2,2,4,6-9H3;13,16-17H,10-12,14-15,18-21H2,1-9H3;1,3,7-14H2,2,4-6H3;9,11H,7-8,10,12-14H2,1-6H3;2,6-7H2,1,3-5H3/q2*+3;2*+2;+1. The Morgan fingerprint density at radius 1 is 0.264 bits per heavy atom. The number of rotatable bonds is 28. The maximum Gasteiger partial charge on any atom is 0.200 e. The monoisotopic (exact) mass is 1520 g/mol. The molecule has 0 atom stereocenters. The summed E-state index contributed by atoms with van der Waals surface area (Å²) in [5.41, 5.74) is 32.2. The summed E-state index contributed by atoms with van der Waals surface area (Å²) in [7, 11) is 37.1.